The van der Waals surface area contributed by atoms with Gasteiger partial charge in [0.25, 0.3) is 11.8 Å². The molecule has 32 heavy (non-hydrogen) atoms. The highest BCUT2D eigenvalue weighted by Crippen LogP contribution is 2.26. The van der Waals surface area contributed by atoms with Gasteiger partial charge in [0.05, 0.1) is 10.5 Å². The van der Waals surface area contributed by atoms with Gasteiger partial charge in [-0.1, -0.05) is 54.6 Å². The van der Waals surface area contributed by atoms with Gasteiger partial charge in [0.2, 0.25) is 0 Å². The zero-order valence-electron chi connectivity index (χ0n) is 17.2. The van der Waals surface area contributed by atoms with Gasteiger partial charge in [-0.25, -0.2) is 0 Å². The van der Waals surface area contributed by atoms with Crippen LogP contribution in [0.1, 0.15) is 22.8 Å². The number of nitrogens with one attached hydrogen (secondary N) is 2. The lowest BCUT2D eigenvalue weighted by atomic mass is 10.2. The summed E-state index contributed by atoms with van der Waals surface area (Å²) in [6.45, 7) is 1.69. The normalized spacial score (nSPS) is 11.2. The summed E-state index contributed by atoms with van der Waals surface area (Å²) in [6, 6.07) is 21.8. The van der Waals surface area contributed by atoms with Crippen molar-refractivity contribution >= 4 is 17.5 Å². The Kier molecular flexibility index (Phi) is 7.37. The van der Waals surface area contributed by atoms with E-state index in [2.05, 4.69) is 10.9 Å². The number of amides is 2. The molecule has 3 rings (SSSR count). The third-order valence-electron chi connectivity index (χ3n) is 4.40. The van der Waals surface area contributed by atoms with E-state index in [1.165, 1.54) is 25.1 Å². The molecule has 0 saturated carbocycles. The van der Waals surface area contributed by atoms with Gasteiger partial charge in [-0.15, -0.1) is 0 Å². The molecule has 0 saturated heterocycles. The van der Waals surface area contributed by atoms with E-state index >= 15 is 0 Å². The van der Waals surface area contributed by atoms with E-state index in [1.54, 1.807) is 30.3 Å². The van der Waals surface area contributed by atoms with Crippen molar-refractivity contribution in [1.82, 2.24) is 10.9 Å². The number of rotatable bonds is 8. The number of nitro benzene ring substituents is 1. The minimum absolute atomic E-state index is 0.0499. The Hall–Kier alpha value is -4.40. The van der Waals surface area contributed by atoms with Crippen molar-refractivity contribution in [3.05, 3.63) is 100 Å². The van der Waals surface area contributed by atoms with Gasteiger partial charge in [0.15, 0.2) is 11.9 Å². The van der Waals surface area contributed by atoms with Crippen LogP contribution in [0.3, 0.4) is 0 Å². The molecule has 164 valence electrons. The quantitative estimate of drug-likeness (QED) is 0.413. The van der Waals surface area contributed by atoms with E-state index in [0.717, 1.165) is 5.56 Å². The summed E-state index contributed by atoms with van der Waals surface area (Å²) in [4.78, 5) is 35.4. The van der Waals surface area contributed by atoms with Gasteiger partial charge >= 0.3 is 5.69 Å². The molecule has 0 bridgehead atoms. The maximum absolute atomic E-state index is 12.6. The number of carbonyl (C=O) groups is 2. The number of nitro groups is 1. The second kappa shape index (κ2) is 10.6. The molecule has 2 amide bonds. The van der Waals surface area contributed by atoms with Gasteiger partial charge in [0, 0.05) is 6.07 Å². The van der Waals surface area contributed by atoms with Gasteiger partial charge in [0.1, 0.15) is 12.4 Å². The molecule has 1 atom stereocenters. The molecule has 0 fully saturated rings. The molecule has 9 heteroatoms. The Morgan fingerprint density at radius 1 is 0.906 bits per heavy atom. The number of benzene rings is 3. The third-order valence-corrected chi connectivity index (χ3v) is 4.40. The van der Waals surface area contributed by atoms with Crippen molar-refractivity contribution in [3.8, 4) is 11.5 Å². The molecule has 0 aromatic heterocycles. The van der Waals surface area contributed by atoms with Crippen LogP contribution in [-0.4, -0.2) is 22.8 Å². The molecule has 3 aromatic carbocycles. The van der Waals surface area contributed by atoms with E-state index in [4.69, 9.17) is 9.47 Å². The first kappa shape index (κ1) is 22.3. The first-order valence-corrected chi connectivity index (χ1v) is 9.71. The highest BCUT2D eigenvalue weighted by Gasteiger charge is 2.21. The van der Waals surface area contributed by atoms with E-state index < -0.39 is 22.8 Å². The summed E-state index contributed by atoms with van der Waals surface area (Å²) in [5.41, 5.74) is 5.48. The first-order chi connectivity index (χ1) is 15.5. The zero-order valence-corrected chi connectivity index (χ0v) is 17.2. The average molecular weight is 435 g/mol. The molecule has 0 aliphatic rings. The largest absolute Gasteiger partial charge is 0.488 e. The first-order valence-electron chi connectivity index (χ1n) is 9.71. The molecule has 0 heterocycles. The summed E-state index contributed by atoms with van der Waals surface area (Å²) in [6.07, 6.45) is -1.10. The van der Waals surface area contributed by atoms with Crippen molar-refractivity contribution < 1.29 is 24.0 Å². The Labute approximate surface area is 184 Å². The van der Waals surface area contributed by atoms with Gasteiger partial charge in [-0.2, -0.15) is 0 Å². The van der Waals surface area contributed by atoms with Gasteiger partial charge in [-0.05, 0) is 30.7 Å². The predicted octanol–water partition coefficient (Wildman–Crippen LogP) is 3.40. The number of ether oxygens (including phenoxy) is 2. The van der Waals surface area contributed by atoms with Crippen molar-refractivity contribution in [3.63, 3.8) is 0 Å². The summed E-state index contributed by atoms with van der Waals surface area (Å²) >= 11 is 0. The minimum Gasteiger partial charge on any atom is -0.488 e. The Bertz CT molecular complexity index is 1100. The molecular formula is C23H21N3O6. The SMILES string of the molecule is CC(Oc1ccccc1[N+](=O)[O-])C(=O)NNC(=O)c1ccccc1OCc1ccccc1. The third kappa shape index (κ3) is 5.82. The van der Waals surface area contributed by atoms with Crippen LogP contribution in [0.4, 0.5) is 5.69 Å². The van der Waals surface area contributed by atoms with Crippen molar-refractivity contribution in [2.45, 2.75) is 19.6 Å². The Morgan fingerprint density at radius 3 is 2.25 bits per heavy atom. The number of carbonyl (C=O) groups excluding carboxylic acids is 2. The van der Waals surface area contributed by atoms with E-state index in [0.29, 0.717) is 5.75 Å². The fourth-order valence-corrected chi connectivity index (χ4v) is 2.75. The average Bonchev–Trinajstić information content (AvgIpc) is 2.82. The lowest BCUT2D eigenvalue weighted by Gasteiger charge is -2.16. The van der Waals surface area contributed by atoms with Crippen LogP contribution >= 0.6 is 0 Å². The highest BCUT2D eigenvalue weighted by atomic mass is 16.6. The monoisotopic (exact) mass is 435 g/mol. The van der Waals surface area contributed by atoms with E-state index in [1.807, 2.05) is 30.3 Å². The standard InChI is InChI=1S/C23H21N3O6/c1-16(32-21-14-8-6-12-19(21)26(29)30)22(27)24-25-23(28)18-11-5-7-13-20(18)31-15-17-9-3-2-4-10-17/h2-14,16H,15H2,1H3,(H,24,27)(H,25,28). The molecule has 0 aliphatic carbocycles. The summed E-state index contributed by atoms with van der Waals surface area (Å²) < 4.78 is 11.1. The summed E-state index contributed by atoms with van der Waals surface area (Å²) in [5.74, 6) is -0.961. The molecule has 3 aromatic rings. The fourth-order valence-electron chi connectivity index (χ4n) is 2.75. The van der Waals surface area contributed by atoms with E-state index in [-0.39, 0.29) is 23.6 Å². The minimum atomic E-state index is -1.10. The van der Waals surface area contributed by atoms with E-state index in [9.17, 15) is 19.7 Å². The van der Waals surface area contributed by atoms with Crippen LogP contribution in [0.5, 0.6) is 11.5 Å². The lowest BCUT2D eigenvalue weighted by molar-refractivity contribution is -0.386. The predicted molar refractivity (Wildman–Crippen MR) is 116 cm³/mol. The van der Waals surface area contributed by atoms with Crippen LogP contribution in [0, 0.1) is 10.1 Å². The van der Waals surface area contributed by atoms with Crippen LogP contribution < -0.4 is 20.3 Å². The summed E-state index contributed by atoms with van der Waals surface area (Å²) in [5, 5.41) is 11.1. The van der Waals surface area contributed by atoms with Crippen molar-refractivity contribution in [2.24, 2.45) is 0 Å². The number of nitrogens with zero attached hydrogens (tertiary/aromatic N) is 1. The van der Waals surface area contributed by atoms with Crippen molar-refractivity contribution in [1.29, 1.82) is 0 Å². The van der Waals surface area contributed by atoms with Crippen molar-refractivity contribution in [2.75, 3.05) is 0 Å². The maximum Gasteiger partial charge on any atom is 0.310 e. The molecule has 2 N–H and O–H groups in total. The van der Waals surface area contributed by atoms with Crippen LogP contribution in [-0.2, 0) is 11.4 Å². The van der Waals surface area contributed by atoms with Crippen LogP contribution in [0.15, 0.2) is 78.9 Å². The lowest BCUT2D eigenvalue weighted by Crippen LogP contribution is -2.47. The van der Waals surface area contributed by atoms with Crippen LogP contribution in [0.25, 0.3) is 0 Å². The number of hydrogen-bond donors (Lipinski definition) is 2. The number of para-hydroxylation sites is 3. The fraction of sp³-hybridized carbons (Fsp3) is 0.130. The smallest absolute Gasteiger partial charge is 0.310 e. The second-order valence-electron chi connectivity index (χ2n) is 6.70. The topological polar surface area (TPSA) is 120 Å². The molecule has 1 unspecified atom stereocenters. The molecule has 0 aliphatic heterocycles. The second-order valence-corrected chi connectivity index (χ2v) is 6.70. The van der Waals surface area contributed by atoms with Crippen LogP contribution in [0.2, 0.25) is 0 Å². The number of hydrogen-bond acceptors (Lipinski definition) is 6. The zero-order chi connectivity index (χ0) is 22.9. The summed E-state index contributed by atoms with van der Waals surface area (Å²) in [7, 11) is 0. The van der Waals surface area contributed by atoms with Gasteiger partial charge in [-0.3, -0.25) is 30.6 Å². The Balaban J connectivity index is 1.58. The number of hydrazine groups is 1. The molecule has 9 nitrogen and oxygen atoms in total. The highest BCUT2D eigenvalue weighted by molar-refractivity contribution is 5.98. The van der Waals surface area contributed by atoms with Gasteiger partial charge < -0.3 is 9.47 Å². The molecule has 0 radical (unpaired) electrons. The maximum atomic E-state index is 12.6. The molecular weight excluding hydrogens is 414 g/mol. The Morgan fingerprint density at radius 2 is 1.53 bits per heavy atom. The molecule has 0 spiro atoms.